The van der Waals surface area contributed by atoms with Crippen LogP contribution < -0.4 is 0 Å². The molecule has 4 heteroatoms. The second-order valence-corrected chi connectivity index (χ2v) is 2.62. The zero-order valence-electron chi connectivity index (χ0n) is 6.80. The summed E-state index contributed by atoms with van der Waals surface area (Å²) < 4.78 is 13.1. The lowest BCUT2D eigenvalue weighted by atomic mass is 10.1. The highest BCUT2D eigenvalue weighted by molar-refractivity contribution is 5.43. The lowest BCUT2D eigenvalue weighted by molar-refractivity contribution is -0.388. The van der Waals surface area contributed by atoms with E-state index < -0.39 is 16.4 Å². The molecular formula is C8H8FNO2. The summed E-state index contributed by atoms with van der Waals surface area (Å²) in [5, 5.41) is 10.4. The van der Waals surface area contributed by atoms with Crippen LogP contribution in [0.3, 0.4) is 0 Å². The standard InChI is InChI=1S/C8H8FNO2/c1-5-3-4-6(2)8(7(5)9)10(11)12/h3-4H,1-2H3. The monoisotopic (exact) mass is 169 g/mol. The van der Waals surface area contributed by atoms with Gasteiger partial charge in [0.15, 0.2) is 0 Å². The van der Waals surface area contributed by atoms with Gasteiger partial charge < -0.3 is 0 Å². The number of benzene rings is 1. The number of nitro benzene ring substituents is 1. The van der Waals surface area contributed by atoms with Crippen molar-refractivity contribution in [1.29, 1.82) is 0 Å². The largest absolute Gasteiger partial charge is 0.307 e. The van der Waals surface area contributed by atoms with Crippen molar-refractivity contribution in [3.8, 4) is 0 Å². The summed E-state index contributed by atoms with van der Waals surface area (Å²) in [5.41, 5.74) is 0.227. The number of nitrogens with zero attached hydrogens (tertiary/aromatic N) is 1. The minimum absolute atomic E-state index is 0.298. The van der Waals surface area contributed by atoms with Gasteiger partial charge in [0, 0.05) is 5.56 Å². The van der Waals surface area contributed by atoms with Gasteiger partial charge in [-0.2, -0.15) is 4.39 Å². The fourth-order valence-corrected chi connectivity index (χ4v) is 0.986. The van der Waals surface area contributed by atoms with E-state index in [1.807, 2.05) is 0 Å². The summed E-state index contributed by atoms with van der Waals surface area (Å²) in [6.07, 6.45) is 0. The van der Waals surface area contributed by atoms with Gasteiger partial charge in [-0.25, -0.2) is 0 Å². The van der Waals surface area contributed by atoms with Crippen LogP contribution in [0.15, 0.2) is 12.1 Å². The van der Waals surface area contributed by atoms with Crippen molar-refractivity contribution in [2.45, 2.75) is 13.8 Å². The molecule has 0 aliphatic rings. The average Bonchev–Trinajstić information content (AvgIpc) is 1.97. The van der Waals surface area contributed by atoms with Crippen molar-refractivity contribution < 1.29 is 9.31 Å². The summed E-state index contributed by atoms with van der Waals surface area (Å²) in [6.45, 7) is 3.02. The highest BCUT2D eigenvalue weighted by Crippen LogP contribution is 2.23. The second-order valence-electron chi connectivity index (χ2n) is 2.62. The van der Waals surface area contributed by atoms with E-state index in [1.54, 1.807) is 0 Å². The highest BCUT2D eigenvalue weighted by atomic mass is 19.1. The molecule has 64 valence electrons. The minimum Gasteiger partial charge on any atom is -0.258 e. The zero-order valence-corrected chi connectivity index (χ0v) is 6.80. The average molecular weight is 169 g/mol. The molecular weight excluding hydrogens is 161 g/mol. The molecule has 0 N–H and O–H groups in total. The molecule has 0 bridgehead atoms. The summed E-state index contributed by atoms with van der Waals surface area (Å²) in [4.78, 5) is 9.66. The smallest absolute Gasteiger partial charge is 0.258 e. The first kappa shape index (κ1) is 8.64. The van der Waals surface area contributed by atoms with Crippen molar-refractivity contribution in [3.63, 3.8) is 0 Å². The van der Waals surface area contributed by atoms with Crippen molar-refractivity contribution in [3.05, 3.63) is 39.2 Å². The predicted octanol–water partition coefficient (Wildman–Crippen LogP) is 2.35. The molecule has 0 amide bonds. The molecule has 0 aromatic heterocycles. The minimum atomic E-state index is -0.736. The van der Waals surface area contributed by atoms with Crippen molar-refractivity contribution in [2.24, 2.45) is 0 Å². The van der Waals surface area contributed by atoms with E-state index >= 15 is 0 Å². The van der Waals surface area contributed by atoms with E-state index in [0.29, 0.717) is 11.1 Å². The molecule has 0 saturated carbocycles. The van der Waals surface area contributed by atoms with Gasteiger partial charge in [0.05, 0.1) is 4.92 Å². The normalized spacial score (nSPS) is 9.92. The van der Waals surface area contributed by atoms with Crippen LogP contribution in [0.1, 0.15) is 11.1 Å². The fourth-order valence-electron chi connectivity index (χ4n) is 0.986. The fraction of sp³-hybridized carbons (Fsp3) is 0.250. The van der Waals surface area contributed by atoms with Gasteiger partial charge in [-0.3, -0.25) is 10.1 Å². The molecule has 1 aromatic rings. The molecule has 12 heavy (non-hydrogen) atoms. The lowest BCUT2D eigenvalue weighted by Gasteiger charge is -1.99. The van der Waals surface area contributed by atoms with Crippen LogP contribution in [0, 0.1) is 29.8 Å². The topological polar surface area (TPSA) is 43.1 Å². The van der Waals surface area contributed by atoms with Crippen LogP contribution >= 0.6 is 0 Å². The summed E-state index contributed by atoms with van der Waals surface area (Å²) in [6, 6.07) is 3.06. The lowest BCUT2D eigenvalue weighted by Crippen LogP contribution is -1.97. The molecule has 1 aromatic carbocycles. The molecule has 0 heterocycles. The molecule has 0 unspecified atom stereocenters. The van der Waals surface area contributed by atoms with Crippen LogP contribution in [0.2, 0.25) is 0 Å². The highest BCUT2D eigenvalue weighted by Gasteiger charge is 2.18. The van der Waals surface area contributed by atoms with Gasteiger partial charge in [-0.15, -0.1) is 0 Å². The molecule has 0 aliphatic heterocycles. The molecule has 0 saturated heterocycles. The quantitative estimate of drug-likeness (QED) is 0.478. The second kappa shape index (κ2) is 2.89. The molecule has 1 rings (SSSR count). The Labute approximate surface area is 69.0 Å². The maximum atomic E-state index is 13.1. The molecule has 0 fully saturated rings. The third-order valence-electron chi connectivity index (χ3n) is 1.69. The Hall–Kier alpha value is -1.45. The van der Waals surface area contributed by atoms with Crippen LogP contribution in [0.5, 0.6) is 0 Å². The SMILES string of the molecule is Cc1ccc(C)c([N+](=O)[O-])c1F. The van der Waals surface area contributed by atoms with Crippen molar-refractivity contribution in [2.75, 3.05) is 0 Å². The van der Waals surface area contributed by atoms with Gasteiger partial charge in [0.25, 0.3) is 0 Å². The predicted molar refractivity (Wildman–Crippen MR) is 42.5 cm³/mol. The zero-order chi connectivity index (χ0) is 9.30. The Morgan fingerprint density at radius 1 is 1.33 bits per heavy atom. The molecule has 3 nitrogen and oxygen atoms in total. The Morgan fingerprint density at radius 3 is 2.25 bits per heavy atom. The Bertz CT molecular complexity index is 336. The summed E-state index contributed by atoms with van der Waals surface area (Å²) >= 11 is 0. The van der Waals surface area contributed by atoms with Gasteiger partial charge >= 0.3 is 5.69 Å². The number of rotatable bonds is 1. The van der Waals surface area contributed by atoms with E-state index in [9.17, 15) is 14.5 Å². The van der Waals surface area contributed by atoms with Crippen molar-refractivity contribution >= 4 is 5.69 Å². The number of nitro groups is 1. The van der Waals surface area contributed by atoms with Crippen LogP contribution in [-0.4, -0.2) is 4.92 Å². The van der Waals surface area contributed by atoms with Gasteiger partial charge in [0.2, 0.25) is 5.82 Å². The van der Waals surface area contributed by atoms with Crippen LogP contribution in [-0.2, 0) is 0 Å². The molecule has 0 atom stereocenters. The Balaban J connectivity index is 3.43. The maximum Gasteiger partial charge on any atom is 0.307 e. The van der Waals surface area contributed by atoms with E-state index in [-0.39, 0.29) is 0 Å². The van der Waals surface area contributed by atoms with E-state index in [1.165, 1.54) is 26.0 Å². The molecule has 0 spiro atoms. The Morgan fingerprint density at radius 2 is 1.83 bits per heavy atom. The first-order valence-electron chi connectivity index (χ1n) is 3.44. The number of hydrogen-bond acceptors (Lipinski definition) is 2. The molecule has 0 aliphatic carbocycles. The summed E-state index contributed by atoms with van der Waals surface area (Å²) in [5.74, 6) is -0.736. The first-order valence-corrected chi connectivity index (χ1v) is 3.44. The summed E-state index contributed by atoms with van der Waals surface area (Å²) in [7, 11) is 0. The number of aryl methyl sites for hydroxylation is 2. The first-order chi connectivity index (χ1) is 5.54. The third kappa shape index (κ3) is 1.28. The van der Waals surface area contributed by atoms with Gasteiger partial charge in [0.1, 0.15) is 0 Å². The van der Waals surface area contributed by atoms with Crippen LogP contribution in [0.4, 0.5) is 10.1 Å². The maximum absolute atomic E-state index is 13.1. The number of halogens is 1. The van der Waals surface area contributed by atoms with E-state index in [4.69, 9.17) is 0 Å². The van der Waals surface area contributed by atoms with Crippen molar-refractivity contribution in [1.82, 2.24) is 0 Å². The Kier molecular flexibility index (Phi) is 2.08. The van der Waals surface area contributed by atoms with Gasteiger partial charge in [-0.05, 0) is 19.4 Å². The van der Waals surface area contributed by atoms with Crippen LogP contribution in [0.25, 0.3) is 0 Å². The van der Waals surface area contributed by atoms with E-state index in [2.05, 4.69) is 0 Å². The van der Waals surface area contributed by atoms with E-state index in [0.717, 1.165) is 0 Å². The van der Waals surface area contributed by atoms with Gasteiger partial charge in [-0.1, -0.05) is 12.1 Å². The molecule has 0 radical (unpaired) electrons. The number of hydrogen-bond donors (Lipinski definition) is 0. The third-order valence-corrected chi connectivity index (χ3v) is 1.69.